The first kappa shape index (κ1) is 15.2. The van der Waals surface area contributed by atoms with E-state index in [9.17, 15) is 12.3 Å². The van der Waals surface area contributed by atoms with Gasteiger partial charge in [-0.1, -0.05) is 20.8 Å². The molecule has 1 aromatic carbocycles. The molecule has 102 valence electrons. The minimum absolute atomic E-state index is 0.0534. The predicted octanol–water partition coefficient (Wildman–Crippen LogP) is 3.73. The van der Waals surface area contributed by atoms with Crippen molar-refractivity contribution in [3.05, 3.63) is 24.3 Å². The van der Waals surface area contributed by atoms with Crippen LogP contribution in [0.1, 0.15) is 20.8 Å². The number of hydrogen-bond acceptors (Lipinski definition) is 3. The van der Waals surface area contributed by atoms with Gasteiger partial charge >= 0.3 is 10.2 Å². The molecular formula is C12H19FO3SSi. The van der Waals surface area contributed by atoms with Gasteiger partial charge in [0.2, 0.25) is 8.32 Å². The molecule has 1 rings (SSSR count). The highest BCUT2D eigenvalue weighted by Crippen LogP contribution is 2.37. The molecule has 0 fully saturated rings. The quantitative estimate of drug-likeness (QED) is 0.629. The van der Waals surface area contributed by atoms with Crippen LogP contribution in [-0.4, -0.2) is 16.7 Å². The van der Waals surface area contributed by atoms with E-state index in [2.05, 4.69) is 33.9 Å². The lowest BCUT2D eigenvalue weighted by atomic mass is 10.2. The molecule has 0 spiro atoms. The van der Waals surface area contributed by atoms with E-state index in [-0.39, 0.29) is 9.93 Å². The van der Waals surface area contributed by atoms with Crippen LogP contribution < -0.4 is 4.43 Å². The average Bonchev–Trinajstić information content (AvgIpc) is 2.14. The van der Waals surface area contributed by atoms with Crippen molar-refractivity contribution in [3.8, 4) is 5.75 Å². The van der Waals surface area contributed by atoms with Crippen LogP contribution in [0, 0.1) is 0 Å². The zero-order valence-electron chi connectivity index (χ0n) is 11.3. The van der Waals surface area contributed by atoms with E-state index in [0.29, 0.717) is 5.75 Å². The molecule has 0 atom stereocenters. The highest BCUT2D eigenvalue weighted by atomic mass is 32.3. The van der Waals surface area contributed by atoms with Crippen molar-refractivity contribution in [2.75, 3.05) is 0 Å². The van der Waals surface area contributed by atoms with Gasteiger partial charge in [0, 0.05) is 0 Å². The van der Waals surface area contributed by atoms with E-state index >= 15 is 0 Å². The maximum absolute atomic E-state index is 12.7. The van der Waals surface area contributed by atoms with Gasteiger partial charge < -0.3 is 4.43 Å². The lowest BCUT2D eigenvalue weighted by Gasteiger charge is -2.36. The smallest absolute Gasteiger partial charge is 0.332 e. The maximum atomic E-state index is 12.7. The minimum atomic E-state index is -4.64. The second-order valence-electron chi connectivity index (χ2n) is 5.77. The number of rotatable bonds is 3. The molecular weight excluding hydrogens is 271 g/mol. The van der Waals surface area contributed by atoms with E-state index in [1.807, 2.05) is 0 Å². The molecule has 0 heterocycles. The van der Waals surface area contributed by atoms with Gasteiger partial charge in [-0.2, -0.15) is 8.42 Å². The number of benzene rings is 1. The lowest BCUT2D eigenvalue weighted by molar-refractivity contribution is 0.491. The van der Waals surface area contributed by atoms with Crippen molar-refractivity contribution >= 4 is 18.5 Å². The summed E-state index contributed by atoms with van der Waals surface area (Å²) >= 11 is 0. The van der Waals surface area contributed by atoms with Crippen molar-refractivity contribution in [1.82, 2.24) is 0 Å². The van der Waals surface area contributed by atoms with Crippen LogP contribution in [0.4, 0.5) is 3.89 Å². The Morgan fingerprint density at radius 1 is 1.11 bits per heavy atom. The van der Waals surface area contributed by atoms with Crippen LogP contribution in [-0.2, 0) is 10.2 Å². The van der Waals surface area contributed by atoms with Gasteiger partial charge in [-0.25, -0.2) is 0 Å². The van der Waals surface area contributed by atoms with Crippen LogP contribution in [0.5, 0.6) is 5.75 Å². The second kappa shape index (κ2) is 4.66. The first-order chi connectivity index (χ1) is 7.93. The van der Waals surface area contributed by atoms with E-state index in [0.717, 1.165) is 0 Å². The van der Waals surface area contributed by atoms with E-state index in [1.165, 1.54) is 24.3 Å². The Morgan fingerprint density at radius 3 is 1.89 bits per heavy atom. The fraction of sp³-hybridized carbons (Fsp3) is 0.500. The monoisotopic (exact) mass is 290 g/mol. The van der Waals surface area contributed by atoms with Gasteiger partial charge in [0.15, 0.2) is 0 Å². The molecule has 0 aliphatic carbocycles. The summed E-state index contributed by atoms with van der Waals surface area (Å²) in [6, 6.07) is 5.43. The fourth-order valence-corrected chi connectivity index (χ4v) is 2.61. The first-order valence-electron chi connectivity index (χ1n) is 5.67. The first-order valence-corrected chi connectivity index (χ1v) is 9.96. The van der Waals surface area contributed by atoms with Gasteiger partial charge in [-0.05, 0) is 42.4 Å². The average molecular weight is 290 g/mol. The molecule has 0 unspecified atom stereocenters. The highest BCUT2D eigenvalue weighted by molar-refractivity contribution is 7.86. The van der Waals surface area contributed by atoms with Crippen LogP contribution in [0.25, 0.3) is 0 Å². The fourth-order valence-electron chi connectivity index (χ4n) is 1.12. The standard InChI is InChI=1S/C12H19FO3SSi/c1-12(2,3)18(4,5)16-10-6-8-11(9-7-10)17(13,14)15/h6-9H,1-5H3. The van der Waals surface area contributed by atoms with Gasteiger partial charge in [0.1, 0.15) is 5.75 Å². The van der Waals surface area contributed by atoms with Crippen molar-refractivity contribution in [2.45, 2.75) is 43.8 Å². The SMILES string of the molecule is CC(C)(C)[Si](C)(C)Oc1ccc(S(=O)(=O)F)cc1. The lowest BCUT2D eigenvalue weighted by Crippen LogP contribution is -2.43. The summed E-state index contributed by atoms with van der Waals surface area (Å²) in [5, 5.41) is 0.0534. The van der Waals surface area contributed by atoms with Crippen LogP contribution in [0.2, 0.25) is 18.1 Å². The summed E-state index contributed by atoms with van der Waals surface area (Å²) in [7, 11) is -6.59. The Labute approximate surface area is 109 Å². The molecule has 18 heavy (non-hydrogen) atoms. The highest BCUT2D eigenvalue weighted by Gasteiger charge is 2.38. The van der Waals surface area contributed by atoms with Crippen molar-refractivity contribution in [3.63, 3.8) is 0 Å². The molecule has 0 aromatic heterocycles. The molecule has 0 aliphatic heterocycles. The summed E-state index contributed by atoms with van der Waals surface area (Å²) in [4.78, 5) is -0.343. The molecule has 0 saturated carbocycles. The van der Waals surface area contributed by atoms with Crippen molar-refractivity contribution in [2.24, 2.45) is 0 Å². The zero-order chi connectivity index (χ0) is 14.2. The van der Waals surface area contributed by atoms with E-state index in [4.69, 9.17) is 4.43 Å². The number of halogens is 1. The summed E-state index contributed by atoms with van der Waals surface area (Å²) < 4.78 is 40.1. The Kier molecular flexibility index (Phi) is 3.93. The van der Waals surface area contributed by atoms with Crippen LogP contribution in [0.3, 0.4) is 0 Å². The third kappa shape index (κ3) is 3.55. The summed E-state index contributed by atoms with van der Waals surface area (Å²) in [5.41, 5.74) is 0. The van der Waals surface area contributed by atoms with Gasteiger partial charge in [-0.3, -0.25) is 0 Å². The van der Waals surface area contributed by atoms with Gasteiger partial charge in [0.05, 0.1) is 4.90 Å². The summed E-state index contributed by atoms with van der Waals surface area (Å²) in [5.74, 6) is 0.578. The molecule has 0 aliphatic rings. The van der Waals surface area contributed by atoms with Crippen LogP contribution in [0.15, 0.2) is 29.2 Å². The Balaban J connectivity index is 2.95. The molecule has 0 N–H and O–H groups in total. The third-order valence-corrected chi connectivity index (χ3v) is 8.48. The molecule has 6 heteroatoms. The Bertz CT molecular complexity index is 515. The van der Waals surface area contributed by atoms with Gasteiger partial charge in [-0.15, -0.1) is 3.89 Å². The number of hydrogen-bond donors (Lipinski definition) is 0. The van der Waals surface area contributed by atoms with Crippen LogP contribution >= 0.6 is 0 Å². The van der Waals surface area contributed by atoms with E-state index < -0.39 is 18.5 Å². The van der Waals surface area contributed by atoms with Crippen molar-refractivity contribution in [1.29, 1.82) is 0 Å². The summed E-state index contributed by atoms with van der Waals surface area (Å²) in [6.45, 7) is 10.5. The molecule has 3 nitrogen and oxygen atoms in total. The maximum Gasteiger partial charge on any atom is 0.332 e. The largest absolute Gasteiger partial charge is 0.544 e. The second-order valence-corrected chi connectivity index (χ2v) is 11.8. The Morgan fingerprint density at radius 2 is 1.56 bits per heavy atom. The zero-order valence-corrected chi connectivity index (χ0v) is 13.1. The molecule has 1 aromatic rings. The van der Waals surface area contributed by atoms with Gasteiger partial charge in [0.25, 0.3) is 0 Å². The summed E-state index contributed by atoms with van der Waals surface area (Å²) in [6.07, 6.45) is 0. The molecule has 0 radical (unpaired) electrons. The van der Waals surface area contributed by atoms with Crippen molar-refractivity contribution < 1.29 is 16.7 Å². The topological polar surface area (TPSA) is 43.4 Å². The molecule has 0 bridgehead atoms. The normalized spacial score (nSPS) is 13.4. The van der Waals surface area contributed by atoms with E-state index in [1.54, 1.807) is 0 Å². The minimum Gasteiger partial charge on any atom is -0.544 e. The predicted molar refractivity (Wildman–Crippen MR) is 72.6 cm³/mol. The Hall–Kier alpha value is -0.883. The molecule has 0 saturated heterocycles. The molecule has 0 amide bonds. The third-order valence-electron chi connectivity index (χ3n) is 3.28.